The zero-order valence-corrected chi connectivity index (χ0v) is 25.2. The van der Waals surface area contributed by atoms with E-state index in [1.54, 1.807) is 48.5 Å². The third kappa shape index (κ3) is 8.58. The highest BCUT2D eigenvalue weighted by Gasteiger charge is 2.33. The van der Waals surface area contributed by atoms with Gasteiger partial charge in [0.2, 0.25) is 0 Å². The van der Waals surface area contributed by atoms with Crippen LogP contribution in [-0.2, 0) is 26.9 Å². The predicted molar refractivity (Wildman–Crippen MR) is 163 cm³/mol. The quantitative estimate of drug-likeness (QED) is 0.237. The van der Waals surface area contributed by atoms with Gasteiger partial charge in [-0.1, -0.05) is 104 Å². The summed E-state index contributed by atoms with van der Waals surface area (Å²) >= 11 is 12.3. The molecule has 0 atom stereocenters. The summed E-state index contributed by atoms with van der Waals surface area (Å²) in [4.78, 5) is 0. The van der Waals surface area contributed by atoms with Gasteiger partial charge in [-0.25, -0.2) is 0 Å². The minimum absolute atomic E-state index is 0.0888. The normalized spacial score (nSPS) is 12.2. The lowest BCUT2D eigenvalue weighted by atomic mass is 9.78. The predicted octanol–water partition coefficient (Wildman–Crippen LogP) is 8.22. The molecule has 1 N–H and O–H groups in total. The molecule has 0 unspecified atom stereocenters. The number of hydrogen-bond acceptors (Lipinski definition) is 3. The molecule has 3 aromatic rings. The van der Waals surface area contributed by atoms with Crippen molar-refractivity contribution < 1.29 is 14.6 Å². The van der Waals surface area contributed by atoms with Crippen LogP contribution in [0.1, 0.15) is 63.3 Å². The molecule has 0 aliphatic rings. The summed E-state index contributed by atoms with van der Waals surface area (Å²) in [6.07, 6.45) is 1.23. The first-order valence-corrected chi connectivity index (χ1v) is 14.3. The lowest BCUT2D eigenvalue weighted by Gasteiger charge is -2.32. The summed E-state index contributed by atoms with van der Waals surface area (Å²) in [5.41, 5.74) is 1.94. The SMILES string of the molecule is CCOCC(CC#CC(O)(c1ccc(Cl)cc1)c1ccc(Cl)cc1)(COCC)Cc1ccc(C(C)(C)C)cc1. The van der Waals surface area contributed by atoms with E-state index in [-0.39, 0.29) is 10.8 Å². The van der Waals surface area contributed by atoms with Gasteiger partial charge < -0.3 is 14.6 Å². The van der Waals surface area contributed by atoms with Crippen molar-refractivity contribution in [3.63, 3.8) is 0 Å². The molecule has 0 amide bonds. The summed E-state index contributed by atoms with van der Waals surface area (Å²) in [6.45, 7) is 12.8. The van der Waals surface area contributed by atoms with E-state index in [4.69, 9.17) is 32.7 Å². The molecule has 3 nitrogen and oxygen atoms in total. The average molecular weight is 568 g/mol. The highest BCUT2D eigenvalue weighted by atomic mass is 35.5. The van der Waals surface area contributed by atoms with Crippen molar-refractivity contribution in [3.05, 3.63) is 105 Å². The van der Waals surface area contributed by atoms with Crippen LogP contribution in [0.25, 0.3) is 0 Å². The molecular weight excluding hydrogens is 527 g/mol. The molecule has 0 heterocycles. The van der Waals surface area contributed by atoms with Gasteiger partial charge in [-0.15, -0.1) is 0 Å². The van der Waals surface area contributed by atoms with Crippen LogP contribution in [-0.4, -0.2) is 31.5 Å². The molecule has 0 fully saturated rings. The zero-order valence-electron chi connectivity index (χ0n) is 23.7. The zero-order chi connectivity index (χ0) is 28.5. The Morgan fingerprint density at radius 1 is 0.692 bits per heavy atom. The fourth-order valence-electron chi connectivity index (χ4n) is 4.55. The van der Waals surface area contributed by atoms with E-state index in [1.807, 2.05) is 13.8 Å². The van der Waals surface area contributed by atoms with E-state index >= 15 is 0 Å². The second-order valence-corrected chi connectivity index (χ2v) is 12.0. The number of hydrogen-bond donors (Lipinski definition) is 1. The molecular formula is C34H40Cl2O3. The van der Waals surface area contributed by atoms with E-state index in [0.717, 1.165) is 6.42 Å². The molecule has 0 saturated heterocycles. The number of rotatable bonds is 11. The summed E-state index contributed by atoms with van der Waals surface area (Å²) in [6, 6.07) is 23.0. The molecule has 0 radical (unpaired) electrons. The van der Waals surface area contributed by atoms with Gasteiger partial charge in [0.25, 0.3) is 0 Å². The van der Waals surface area contributed by atoms with Gasteiger partial charge in [0, 0.05) is 46.2 Å². The maximum Gasteiger partial charge on any atom is 0.176 e. The van der Waals surface area contributed by atoms with E-state index in [1.165, 1.54) is 11.1 Å². The largest absolute Gasteiger partial charge is 0.381 e. The second kappa shape index (κ2) is 13.8. The van der Waals surface area contributed by atoms with Crippen LogP contribution in [0, 0.1) is 17.3 Å². The third-order valence-electron chi connectivity index (χ3n) is 6.88. The van der Waals surface area contributed by atoms with Gasteiger partial charge in [-0.2, -0.15) is 0 Å². The Labute approximate surface area is 244 Å². The minimum atomic E-state index is -1.54. The molecule has 0 spiro atoms. The van der Waals surface area contributed by atoms with Crippen molar-refractivity contribution in [2.24, 2.45) is 5.41 Å². The van der Waals surface area contributed by atoms with Crippen LogP contribution < -0.4 is 0 Å². The lowest BCUT2D eigenvalue weighted by Crippen LogP contribution is -2.35. The maximum atomic E-state index is 12.0. The van der Waals surface area contributed by atoms with Crippen LogP contribution >= 0.6 is 23.2 Å². The molecule has 0 aliphatic heterocycles. The van der Waals surface area contributed by atoms with E-state index in [2.05, 4.69) is 56.9 Å². The monoisotopic (exact) mass is 566 g/mol. The fraction of sp³-hybridized carbons (Fsp3) is 0.412. The van der Waals surface area contributed by atoms with Gasteiger partial charge in [-0.05, 0) is 61.1 Å². The number of aliphatic hydroxyl groups is 1. The topological polar surface area (TPSA) is 38.7 Å². The molecule has 39 heavy (non-hydrogen) atoms. The van der Waals surface area contributed by atoms with E-state index in [9.17, 15) is 5.11 Å². The number of halogens is 2. The maximum absolute atomic E-state index is 12.0. The van der Waals surface area contributed by atoms with Crippen molar-refractivity contribution >= 4 is 23.2 Å². The molecule has 208 valence electrons. The number of benzene rings is 3. The summed E-state index contributed by atoms with van der Waals surface area (Å²) in [5, 5.41) is 13.1. The van der Waals surface area contributed by atoms with Gasteiger partial charge in [0.15, 0.2) is 5.60 Å². The molecule has 3 aromatic carbocycles. The Kier molecular flexibility index (Phi) is 11.1. The summed E-state index contributed by atoms with van der Waals surface area (Å²) < 4.78 is 12.0. The third-order valence-corrected chi connectivity index (χ3v) is 7.38. The first-order valence-electron chi connectivity index (χ1n) is 13.5. The van der Waals surface area contributed by atoms with Crippen LogP contribution in [0.15, 0.2) is 72.8 Å². The van der Waals surface area contributed by atoms with Crippen molar-refractivity contribution in [1.82, 2.24) is 0 Å². The first-order chi connectivity index (χ1) is 18.5. The Balaban J connectivity index is 2.01. The molecule has 0 aromatic heterocycles. The highest BCUT2D eigenvalue weighted by Crippen LogP contribution is 2.33. The summed E-state index contributed by atoms with van der Waals surface area (Å²) in [7, 11) is 0. The molecule has 0 bridgehead atoms. The van der Waals surface area contributed by atoms with Gasteiger partial charge in [0.1, 0.15) is 0 Å². The van der Waals surface area contributed by atoms with Crippen molar-refractivity contribution in [3.8, 4) is 11.8 Å². The lowest BCUT2D eigenvalue weighted by molar-refractivity contribution is -0.0141. The Morgan fingerprint density at radius 2 is 1.13 bits per heavy atom. The van der Waals surface area contributed by atoms with Crippen LogP contribution in [0.3, 0.4) is 0 Å². The fourth-order valence-corrected chi connectivity index (χ4v) is 4.81. The van der Waals surface area contributed by atoms with Crippen LogP contribution in [0.5, 0.6) is 0 Å². The highest BCUT2D eigenvalue weighted by molar-refractivity contribution is 6.30. The molecule has 5 heteroatoms. The van der Waals surface area contributed by atoms with Crippen LogP contribution in [0.4, 0.5) is 0 Å². The Hall–Kier alpha value is -2.32. The van der Waals surface area contributed by atoms with Crippen molar-refractivity contribution in [2.45, 2.75) is 58.5 Å². The standard InChI is InChI=1S/C34H40Cl2O3/c1-6-38-24-33(25-39-7-2,23-26-9-11-27(12-10-26)32(3,4)5)21-8-22-34(37,28-13-17-30(35)18-14-28)29-15-19-31(36)20-16-29/h9-20,37H,6-7,21,23-25H2,1-5H3. The smallest absolute Gasteiger partial charge is 0.176 e. The van der Waals surface area contributed by atoms with Crippen molar-refractivity contribution in [2.75, 3.05) is 26.4 Å². The van der Waals surface area contributed by atoms with E-state index in [0.29, 0.717) is 54.0 Å². The summed E-state index contributed by atoms with van der Waals surface area (Å²) in [5.74, 6) is 6.54. The van der Waals surface area contributed by atoms with E-state index < -0.39 is 5.60 Å². The van der Waals surface area contributed by atoms with Gasteiger partial charge in [0.05, 0.1) is 13.2 Å². The van der Waals surface area contributed by atoms with Gasteiger partial charge in [-0.3, -0.25) is 0 Å². The number of ether oxygens (including phenoxy) is 2. The van der Waals surface area contributed by atoms with Gasteiger partial charge >= 0.3 is 0 Å². The molecule has 0 aliphatic carbocycles. The molecule has 0 saturated carbocycles. The second-order valence-electron chi connectivity index (χ2n) is 11.1. The van der Waals surface area contributed by atoms with Crippen molar-refractivity contribution in [1.29, 1.82) is 0 Å². The minimum Gasteiger partial charge on any atom is -0.381 e. The Bertz CT molecular complexity index is 1180. The molecule has 3 rings (SSSR count). The van der Waals surface area contributed by atoms with Crippen LogP contribution in [0.2, 0.25) is 10.0 Å². The first kappa shape index (κ1) is 31.2. The Morgan fingerprint density at radius 3 is 1.54 bits per heavy atom. The average Bonchev–Trinajstić information content (AvgIpc) is 2.91.